The van der Waals surface area contributed by atoms with Gasteiger partial charge < -0.3 is 15.1 Å². The number of hydrogen-bond acceptors (Lipinski definition) is 7. The van der Waals surface area contributed by atoms with Gasteiger partial charge in [-0.3, -0.25) is 4.90 Å². The van der Waals surface area contributed by atoms with E-state index in [1.54, 1.807) is 7.11 Å². The minimum atomic E-state index is 0.173. The number of nitrogens with zero attached hydrogens (tertiary/aromatic N) is 4. The largest absolute Gasteiger partial charge is 0.378 e. The molecule has 7 nitrogen and oxygen atoms in total. The molecule has 1 saturated heterocycles. The van der Waals surface area contributed by atoms with Crippen LogP contribution >= 0.6 is 0 Å². The molecule has 0 aromatic carbocycles. The van der Waals surface area contributed by atoms with Gasteiger partial charge in [-0.1, -0.05) is 0 Å². The third-order valence-corrected chi connectivity index (χ3v) is 3.60. The molecular weight excluding hydrogens is 256 g/mol. The topological polar surface area (TPSA) is 79.5 Å². The van der Waals surface area contributed by atoms with Crippen molar-refractivity contribution in [2.45, 2.75) is 19.1 Å². The molecule has 1 atom stereocenters. The van der Waals surface area contributed by atoms with Crippen molar-refractivity contribution in [2.24, 2.45) is 5.84 Å². The Hall–Kier alpha value is -1.28. The van der Waals surface area contributed by atoms with Crippen LogP contribution in [0.15, 0.2) is 6.07 Å². The second-order valence-electron chi connectivity index (χ2n) is 5.29. The SMILES string of the molecule is COCc1cc(NN)nc(C2CN(C)CCCN2C)n1. The van der Waals surface area contributed by atoms with Crippen LogP contribution in [0.3, 0.4) is 0 Å². The lowest BCUT2D eigenvalue weighted by Gasteiger charge is -2.26. The van der Waals surface area contributed by atoms with Crippen LogP contribution in [0, 0.1) is 0 Å². The van der Waals surface area contributed by atoms with Crippen LogP contribution in [-0.2, 0) is 11.3 Å². The van der Waals surface area contributed by atoms with Gasteiger partial charge in [0.15, 0.2) is 0 Å². The molecule has 1 aromatic rings. The molecule has 1 aliphatic rings. The molecule has 2 heterocycles. The van der Waals surface area contributed by atoms with Crippen molar-refractivity contribution >= 4 is 5.82 Å². The summed E-state index contributed by atoms with van der Waals surface area (Å²) in [5.41, 5.74) is 3.45. The Morgan fingerprint density at radius 1 is 1.40 bits per heavy atom. The molecule has 0 amide bonds. The number of nitrogens with two attached hydrogens (primary N) is 1. The van der Waals surface area contributed by atoms with Crippen LogP contribution in [0.4, 0.5) is 5.82 Å². The molecule has 2 rings (SSSR count). The highest BCUT2D eigenvalue weighted by Gasteiger charge is 2.25. The van der Waals surface area contributed by atoms with Crippen molar-refractivity contribution < 1.29 is 4.74 Å². The molecule has 20 heavy (non-hydrogen) atoms. The Morgan fingerprint density at radius 3 is 2.90 bits per heavy atom. The van der Waals surface area contributed by atoms with Crippen molar-refractivity contribution in [1.82, 2.24) is 19.8 Å². The number of anilines is 1. The van der Waals surface area contributed by atoms with Gasteiger partial charge >= 0.3 is 0 Å². The second-order valence-corrected chi connectivity index (χ2v) is 5.29. The van der Waals surface area contributed by atoms with E-state index >= 15 is 0 Å². The molecule has 112 valence electrons. The van der Waals surface area contributed by atoms with E-state index in [0.717, 1.165) is 37.6 Å². The lowest BCUT2D eigenvalue weighted by Crippen LogP contribution is -2.32. The number of aromatic nitrogens is 2. The van der Waals surface area contributed by atoms with E-state index in [2.05, 4.69) is 39.3 Å². The third-order valence-electron chi connectivity index (χ3n) is 3.60. The van der Waals surface area contributed by atoms with Crippen molar-refractivity contribution in [3.05, 3.63) is 17.6 Å². The lowest BCUT2D eigenvalue weighted by atomic mass is 10.2. The van der Waals surface area contributed by atoms with Gasteiger partial charge in [-0.05, 0) is 33.6 Å². The van der Waals surface area contributed by atoms with E-state index in [9.17, 15) is 0 Å². The first-order valence-electron chi connectivity index (χ1n) is 6.86. The number of hydrazine groups is 1. The summed E-state index contributed by atoms with van der Waals surface area (Å²) in [7, 11) is 5.90. The van der Waals surface area contributed by atoms with Crippen LogP contribution in [0.1, 0.15) is 24.0 Å². The zero-order valence-corrected chi connectivity index (χ0v) is 12.5. The van der Waals surface area contributed by atoms with E-state index in [4.69, 9.17) is 10.6 Å². The highest BCUT2D eigenvalue weighted by Crippen LogP contribution is 2.22. The Balaban J connectivity index is 2.30. The van der Waals surface area contributed by atoms with Crippen LogP contribution < -0.4 is 11.3 Å². The van der Waals surface area contributed by atoms with Gasteiger partial charge in [0.05, 0.1) is 18.3 Å². The molecule has 0 spiro atoms. The number of nitrogens with one attached hydrogen (secondary N) is 1. The van der Waals surface area contributed by atoms with Crippen LogP contribution in [-0.4, -0.2) is 60.6 Å². The quantitative estimate of drug-likeness (QED) is 0.603. The van der Waals surface area contributed by atoms with Crippen LogP contribution in [0.2, 0.25) is 0 Å². The Bertz CT molecular complexity index is 441. The molecule has 1 aliphatic heterocycles. The predicted molar refractivity (Wildman–Crippen MR) is 78.0 cm³/mol. The van der Waals surface area contributed by atoms with Crippen molar-refractivity contribution in [3.63, 3.8) is 0 Å². The average molecular weight is 280 g/mol. The zero-order valence-electron chi connectivity index (χ0n) is 12.5. The lowest BCUT2D eigenvalue weighted by molar-refractivity contribution is 0.179. The maximum absolute atomic E-state index is 5.50. The Morgan fingerprint density at radius 2 is 2.20 bits per heavy atom. The smallest absolute Gasteiger partial charge is 0.149 e. The maximum atomic E-state index is 5.50. The van der Waals surface area contributed by atoms with Gasteiger partial charge in [0.1, 0.15) is 11.6 Å². The van der Waals surface area contributed by atoms with Crippen molar-refractivity contribution in [3.8, 4) is 0 Å². The molecule has 1 aromatic heterocycles. The standard InChI is InChI=1S/C13H24N6O/c1-18-5-4-6-19(2)11(8-18)13-15-10(9-20-3)7-12(16-13)17-14/h7,11H,4-6,8-9,14H2,1-3H3,(H,15,16,17). The number of likely N-dealkylation sites (N-methyl/N-ethyl adjacent to an activating group) is 2. The first kappa shape index (κ1) is 15.1. The fraction of sp³-hybridized carbons (Fsp3) is 0.692. The predicted octanol–water partition coefficient (Wildman–Crippen LogP) is 0.217. The van der Waals surface area contributed by atoms with E-state index in [1.165, 1.54) is 0 Å². The normalized spacial score (nSPS) is 21.7. The molecule has 0 saturated carbocycles. The Kier molecular flexibility index (Phi) is 5.24. The second kappa shape index (κ2) is 6.94. The van der Waals surface area contributed by atoms with Gasteiger partial charge in [0, 0.05) is 19.7 Å². The minimum absolute atomic E-state index is 0.173. The van der Waals surface area contributed by atoms with E-state index < -0.39 is 0 Å². The van der Waals surface area contributed by atoms with E-state index in [1.807, 2.05) is 6.07 Å². The van der Waals surface area contributed by atoms with E-state index in [0.29, 0.717) is 12.4 Å². The Labute approximate surface area is 120 Å². The van der Waals surface area contributed by atoms with Gasteiger partial charge in [-0.15, -0.1) is 0 Å². The highest BCUT2D eigenvalue weighted by molar-refractivity contribution is 5.34. The number of ether oxygens (including phenoxy) is 1. The summed E-state index contributed by atoms with van der Waals surface area (Å²) in [6.07, 6.45) is 1.16. The molecule has 1 fully saturated rings. The summed E-state index contributed by atoms with van der Waals surface area (Å²) in [6, 6.07) is 1.99. The minimum Gasteiger partial charge on any atom is -0.378 e. The van der Waals surface area contributed by atoms with Gasteiger partial charge in [-0.25, -0.2) is 15.8 Å². The van der Waals surface area contributed by atoms with Crippen molar-refractivity contribution in [2.75, 3.05) is 46.3 Å². The summed E-state index contributed by atoms with van der Waals surface area (Å²) in [4.78, 5) is 13.8. The maximum Gasteiger partial charge on any atom is 0.149 e. The molecule has 7 heteroatoms. The first-order valence-corrected chi connectivity index (χ1v) is 6.86. The fourth-order valence-corrected chi connectivity index (χ4v) is 2.51. The van der Waals surface area contributed by atoms with Crippen molar-refractivity contribution in [1.29, 1.82) is 0 Å². The molecule has 3 N–H and O–H groups in total. The third kappa shape index (κ3) is 3.63. The van der Waals surface area contributed by atoms with Crippen LogP contribution in [0.25, 0.3) is 0 Å². The average Bonchev–Trinajstić information content (AvgIpc) is 2.60. The number of methoxy groups -OCH3 is 1. The first-order chi connectivity index (χ1) is 9.63. The van der Waals surface area contributed by atoms with Crippen LogP contribution in [0.5, 0.6) is 0 Å². The summed E-state index contributed by atoms with van der Waals surface area (Å²) >= 11 is 0. The molecule has 0 aliphatic carbocycles. The summed E-state index contributed by atoms with van der Waals surface area (Å²) < 4.78 is 5.16. The zero-order chi connectivity index (χ0) is 14.5. The molecule has 0 bridgehead atoms. The summed E-state index contributed by atoms with van der Waals surface area (Å²) in [5.74, 6) is 6.92. The highest BCUT2D eigenvalue weighted by atomic mass is 16.5. The number of hydrogen-bond donors (Lipinski definition) is 2. The van der Waals surface area contributed by atoms with E-state index in [-0.39, 0.29) is 6.04 Å². The monoisotopic (exact) mass is 280 g/mol. The number of rotatable bonds is 4. The fourth-order valence-electron chi connectivity index (χ4n) is 2.51. The van der Waals surface area contributed by atoms with Gasteiger partial charge in [-0.2, -0.15) is 0 Å². The molecule has 1 unspecified atom stereocenters. The summed E-state index contributed by atoms with van der Waals surface area (Å²) in [5, 5.41) is 0. The van der Waals surface area contributed by atoms with Gasteiger partial charge in [0.25, 0.3) is 0 Å². The summed E-state index contributed by atoms with van der Waals surface area (Å²) in [6.45, 7) is 3.51. The molecular formula is C13H24N6O. The molecule has 0 radical (unpaired) electrons. The van der Waals surface area contributed by atoms with Gasteiger partial charge in [0.2, 0.25) is 0 Å². The number of nitrogen functional groups attached to an aromatic ring is 1.